The second-order valence-corrected chi connectivity index (χ2v) is 5.86. The summed E-state index contributed by atoms with van der Waals surface area (Å²) in [5.41, 5.74) is 4.14. The van der Waals surface area contributed by atoms with Crippen LogP contribution in [0.2, 0.25) is 0 Å². The Kier molecular flexibility index (Phi) is 5.65. The standard InChI is InChI=1S/C21H20N2OS/c1-2-24-18-14-12-17(13-15-18)22-21(25)23-20-11-7-6-10-19(20)16-8-4-3-5-9-16/h3-15H,2H2,1H3,(H2,22,23,25). The van der Waals surface area contributed by atoms with Crippen LogP contribution in [0.1, 0.15) is 6.92 Å². The molecule has 25 heavy (non-hydrogen) atoms. The summed E-state index contributed by atoms with van der Waals surface area (Å²) in [6.07, 6.45) is 0. The number of para-hydroxylation sites is 1. The zero-order chi connectivity index (χ0) is 17.5. The van der Waals surface area contributed by atoms with E-state index in [0.717, 1.165) is 28.3 Å². The van der Waals surface area contributed by atoms with Crippen LogP contribution >= 0.6 is 12.2 Å². The lowest BCUT2D eigenvalue weighted by Gasteiger charge is -2.14. The minimum atomic E-state index is 0.549. The van der Waals surface area contributed by atoms with Crippen molar-refractivity contribution in [2.45, 2.75) is 6.92 Å². The number of nitrogens with one attached hydrogen (secondary N) is 2. The third kappa shape index (κ3) is 4.58. The fraction of sp³-hybridized carbons (Fsp3) is 0.0952. The SMILES string of the molecule is CCOc1ccc(NC(=S)Nc2ccccc2-c2ccccc2)cc1. The molecule has 0 aliphatic heterocycles. The predicted molar refractivity (Wildman–Crippen MR) is 109 cm³/mol. The van der Waals surface area contributed by atoms with Gasteiger partial charge in [0.25, 0.3) is 0 Å². The van der Waals surface area contributed by atoms with Crippen molar-refractivity contribution in [2.24, 2.45) is 0 Å². The molecule has 3 aromatic carbocycles. The van der Waals surface area contributed by atoms with Crippen molar-refractivity contribution < 1.29 is 4.74 Å². The van der Waals surface area contributed by atoms with Gasteiger partial charge in [0.1, 0.15) is 5.75 Å². The third-order valence-corrected chi connectivity index (χ3v) is 3.89. The summed E-state index contributed by atoms with van der Waals surface area (Å²) in [4.78, 5) is 0. The normalized spacial score (nSPS) is 10.1. The van der Waals surface area contributed by atoms with Crippen molar-refractivity contribution in [1.29, 1.82) is 0 Å². The van der Waals surface area contributed by atoms with Crippen LogP contribution in [0.4, 0.5) is 11.4 Å². The molecule has 0 fully saturated rings. The van der Waals surface area contributed by atoms with E-state index >= 15 is 0 Å². The van der Waals surface area contributed by atoms with E-state index in [1.165, 1.54) is 0 Å². The van der Waals surface area contributed by atoms with Gasteiger partial charge >= 0.3 is 0 Å². The smallest absolute Gasteiger partial charge is 0.175 e. The largest absolute Gasteiger partial charge is 0.494 e. The summed E-state index contributed by atoms with van der Waals surface area (Å²) in [5.74, 6) is 0.848. The molecule has 0 saturated heterocycles. The van der Waals surface area contributed by atoms with Gasteiger partial charge in [0.2, 0.25) is 0 Å². The Morgan fingerprint density at radius 3 is 2.24 bits per heavy atom. The molecule has 0 amide bonds. The van der Waals surface area contributed by atoms with Crippen molar-refractivity contribution in [3.05, 3.63) is 78.9 Å². The third-order valence-electron chi connectivity index (χ3n) is 3.68. The topological polar surface area (TPSA) is 33.3 Å². The summed E-state index contributed by atoms with van der Waals surface area (Å²) >= 11 is 5.46. The molecule has 0 radical (unpaired) electrons. The highest BCUT2D eigenvalue weighted by molar-refractivity contribution is 7.80. The molecule has 0 heterocycles. The number of hydrogen-bond donors (Lipinski definition) is 2. The van der Waals surface area contributed by atoms with Crippen LogP contribution in [0.3, 0.4) is 0 Å². The Labute approximate surface area is 153 Å². The van der Waals surface area contributed by atoms with Crippen LogP contribution in [0.25, 0.3) is 11.1 Å². The van der Waals surface area contributed by atoms with Gasteiger partial charge in [-0.1, -0.05) is 48.5 Å². The summed E-state index contributed by atoms with van der Waals surface area (Å²) in [6, 6.07) is 26.1. The second kappa shape index (κ2) is 8.31. The number of hydrogen-bond acceptors (Lipinski definition) is 2. The Balaban J connectivity index is 1.71. The van der Waals surface area contributed by atoms with Gasteiger partial charge in [-0.3, -0.25) is 0 Å². The van der Waals surface area contributed by atoms with Crippen molar-refractivity contribution in [2.75, 3.05) is 17.2 Å². The first kappa shape index (κ1) is 17.0. The molecule has 0 unspecified atom stereocenters. The molecule has 0 aliphatic carbocycles. The van der Waals surface area contributed by atoms with Crippen LogP contribution in [0.15, 0.2) is 78.9 Å². The van der Waals surface area contributed by atoms with E-state index in [-0.39, 0.29) is 0 Å². The number of thiocarbonyl (C=S) groups is 1. The first-order valence-corrected chi connectivity index (χ1v) is 8.62. The maximum Gasteiger partial charge on any atom is 0.175 e. The maximum atomic E-state index is 5.46. The summed E-state index contributed by atoms with van der Waals surface area (Å²) in [7, 11) is 0. The Morgan fingerprint density at radius 1 is 0.840 bits per heavy atom. The van der Waals surface area contributed by atoms with Gasteiger partial charge < -0.3 is 15.4 Å². The highest BCUT2D eigenvalue weighted by Crippen LogP contribution is 2.27. The zero-order valence-electron chi connectivity index (χ0n) is 14.0. The van der Waals surface area contributed by atoms with E-state index in [9.17, 15) is 0 Å². The van der Waals surface area contributed by atoms with Gasteiger partial charge in [-0.25, -0.2) is 0 Å². The highest BCUT2D eigenvalue weighted by atomic mass is 32.1. The molecule has 3 rings (SSSR count). The molecule has 126 valence electrons. The molecule has 2 N–H and O–H groups in total. The van der Waals surface area contributed by atoms with E-state index in [1.807, 2.05) is 67.6 Å². The first-order valence-electron chi connectivity index (χ1n) is 8.21. The van der Waals surface area contributed by atoms with Crippen LogP contribution in [0, 0.1) is 0 Å². The Morgan fingerprint density at radius 2 is 1.52 bits per heavy atom. The van der Waals surface area contributed by atoms with Crippen molar-refractivity contribution >= 4 is 28.7 Å². The molecule has 3 aromatic rings. The molecule has 0 bridgehead atoms. The van der Waals surface area contributed by atoms with Crippen molar-refractivity contribution in [3.63, 3.8) is 0 Å². The van der Waals surface area contributed by atoms with E-state index in [2.05, 4.69) is 28.8 Å². The van der Waals surface area contributed by atoms with Gasteiger partial charge in [-0.15, -0.1) is 0 Å². The van der Waals surface area contributed by atoms with E-state index in [0.29, 0.717) is 11.7 Å². The summed E-state index contributed by atoms with van der Waals surface area (Å²) in [5, 5.41) is 7.04. The molecular formula is C21H20N2OS. The van der Waals surface area contributed by atoms with Crippen LogP contribution in [-0.4, -0.2) is 11.7 Å². The number of anilines is 2. The molecule has 0 spiro atoms. The first-order chi connectivity index (χ1) is 12.3. The molecule has 0 atom stereocenters. The number of benzene rings is 3. The van der Waals surface area contributed by atoms with Gasteiger partial charge in [-0.2, -0.15) is 0 Å². The zero-order valence-corrected chi connectivity index (χ0v) is 14.8. The maximum absolute atomic E-state index is 5.46. The fourth-order valence-electron chi connectivity index (χ4n) is 2.55. The number of ether oxygens (including phenoxy) is 1. The summed E-state index contributed by atoms with van der Waals surface area (Å²) in [6.45, 7) is 2.62. The van der Waals surface area contributed by atoms with Crippen LogP contribution in [-0.2, 0) is 0 Å². The van der Waals surface area contributed by atoms with E-state index in [1.54, 1.807) is 0 Å². The lowest BCUT2D eigenvalue weighted by Crippen LogP contribution is -2.19. The molecule has 0 aliphatic rings. The van der Waals surface area contributed by atoms with Crippen molar-refractivity contribution in [1.82, 2.24) is 0 Å². The lowest BCUT2D eigenvalue weighted by molar-refractivity contribution is 0.340. The Hall–Kier alpha value is -2.85. The molecular weight excluding hydrogens is 328 g/mol. The van der Waals surface area contributed by atoms with Gasteiger partial charge in [0.15, 0.2) is 5.11 Å². The van der Waals surface area contributed by atoms with Gasteiger partial charge in [-0.05, 0) is 55.0 Å². The van der Waals surface area contributed by atoms with Crippen molar-refractivity contribution in [3.8, 4) is 16.9 Å². The average Bonchev–Trinajstić information content (AvgIpc) is 2.65. The van der Waals surface area contributed by atoms with Gasteiger partial charge in [0, 0.05) is 16.9 Å². The highest BCUT2D eigenvalue weighted by Gasteiger charge is 2.06. The Bertz CT molecular complexity index is 832. The fourth-order valence-corrected chi connectivity index (χ4v) is 2.78. The average molecular weight is 348 g/mol. The van der Waals surface area contributed by atoms with E-state index < -0.39 is 0 Å². The van der Waals surface area contributed by atoms with Crippen LogP contribution in [0.5, 0.6) is 5.75 Å². The van der Waals surface area contributed by atoms with Gasteiger partial charge in [0.05, 0.1) is 6.61 Å². The second-order valence-electron chi connectivity index (χ2n) is 5.45. The monoisotopic (exact) mass is 348 g/mol. The summed E-state index contributed by atoms with van der Waals surface area (Å²) < 4.78 is 5.45. The predicted octanol–water partition coefficient (Wildman–Crippen LogP) is 5.56. The molecule has 0 aromatic heterocycles. The lowest BCUT2D eigenvalue weighted by atomic mass is 10.0. The minimum Gasteiger partial charge on any atom is -0.494 e. The van der Waals surface area contributed by atoms with E-state index in [4.69, 9.17) is 17.0 Å². The molecule has 4 heteroatoms. The van der Waals surface area contributed by atoms with Crippen LogP contribution < -0.4 is 15.4 Å². The molecule has 0 saturated carbocycles. The molecule has 3 nitrogen and oxygen atoms in total. The number of rotatable bonds is 5. The minimum absolute atomic E-state index is 0.549. The quantitative estimate of drug-likeness (QED) is 0.591.